The first-order valence-corrected chi connectivity index (χ1v) is 10.9. The molecule has 1 N–H and O–H groups in total. The van der Waals surface area contributed by atoms with Crippen molar-refractivity contribution in [2.24, 2.45) is 0 Å². The van der Waals surface area contributed by atoms with Gasteiger partial charge in [0.25, 0.3) is 0 Å². The lowest BCUT2D eigenvalue weighted by Gasteiger charge is -2.15. The van der Waals surface area contributed by atoms with Crippen molar-refractivity contribution in [1.29, 1.82) is 0 Å². The summed E-state index contributed by atoms with van der Waals surface area (Å²) in [6, 6.07) is 11.9. The standard InChI is InChI=1S/C20H20BrN3O2S/c21-14-4-1-5-15(10-14)24-20-16-11-18-19(12-17(16)22-13-23-20)26-7-3-9-27-8-2-6-25-18/h1,4-5,10-13H,2-3,6-9H2,(H,22,23,24). The van der Waals surface area contributed by atoms with Crippen molar-refractivity contribution >= 4 is 50.1 Å². The van der Waals surface area contributed by atoms with Crippen LogP contribution in [0.5, 0.6) is 11.5 Å². The van der Waals surface area contributed by atoms with Gasteiger partial charge in [-0.25, -0.2) is 9.97 Å². The predicted octanol–water partition coefficient (Wildman–Crippen LogP) is 5.42. The minimum absolute atomic E-state index is 0.678. The van der Waals surface area contributed by atoms with Gasteiger partial charge >= 0.3 is 0 Å². The normalized spacial score (nSPS) is 15.1. The van der Waals surface area contributed by atoms with Gasteiger partial charge in [0.1, 0.15) is 12.1 Å². The molecule has 7 heteroatoms. The molecule has 0 atom stereocenters. The average Bonchev–Trinajstić information content (AvgIpc) is 2.72. The summed E-state index contributed by atoms with van der Waals surface area (Å²) in [6.45, 7) is 1.36. The Morgan fingerprint density at radius 1 is 0.963 bits per heavy atom. The molecular weight excluding hydrogens is 426 g/mol. The molecule has 0 radical (unpaired) electrons. The lowest BCUT2D eigenvalue weighted by Crippen LogP contribution is -2.03. The van der Waals surface area contributed by atoms with Gasteiger partial charge in [-0.15, -0.1) is 0 Å². The third-order valence-electron chi connectivity index (χ3n) is 4.17. The quantitative estimate of drug-likeness (QED) is 0.567. The van der Waals surface area contributed by atoms with Crippen molar-refractivity contribution in [3.63, 3.8) is 0 Å². The lowest BCUT2D eigenvalue weighted by molar-refractivity contribution is 0.271. The van der Waals surface area contributed by atoms with E-state index in [4.69, 9.17) is 9.47 Å². The number of anilines is 2. The van der Waals surface area contributed by atoms with Crippen molar-refractivity contribution in [2.75, 3.05) is 30.0 Å². The van der Waals surface area contributed by atoms with Crippen LogP contribution in [-0.4, -0.2) is 34.7 Å². The maximum Gasteiger partial charge on any atom is 0.163 e. The number of ether oxygens (including phenoxy) is 2. The second kappa shape index (κ2) is 8.80. The van der Waals surface area contributed by atoms with E-state index in [1.54, 1.807) is 6.33 Å². The van der Waals surface area contributed by atoms with Crippen LogP contribution in [0.15, 0.2) is 47.2 Å². The van der Waals surface area contributed by atoms with Gasteiger partial charge < -0.3 is 14.8 Å². The Labute approximate surface area is 171 Å². The van der Waals surface area contributed by atoms with Gasteiger partial charge in [0.15, 0.2) is 11.5 Å². The van der Waals surface area contributed by atoms with E-state index in [1.165, 1.54) is 0 Å². The van der Waals surface area contributed by atoms with Crippen LogP contribution in [0.2, 0.25) is 0 Å². The molecule has 0 saturated heterocycles. The summed E-state index contributed by atoms with van der Waals surface area (Å²) < 4.78 is 13.0. The molecule has 0 aliphatic carbocycles. The molecule has 2 heterocycles. The van der Waals surface area contributed by atoms with Crippen LogP contribution in [0.4, 0.5) is 11.5 Å². The van der Waals surface area contributed by atoms with E-state index in [0.29, 0.717) is 13.2 Å². The van der Waals surface area contributed by atoms with E-state index < -0.39 is 0 Å². The van der Waals surface area contributed by atoms with Crippen LogP contribution >= 0.6 is 27.7 Å². The van der Waals surface area contributed by atoms with Gasteiger partial charge in [-0.3, -0.25) is 0 Å². The van der Waals surface area contributed by atoms with Crippen LogP contribution < -0.4 is 14.8 Å². The Morgan fingerprint density at radius 3 is 2.52 bits per heavy atom. The predicted molar refractivity (Wildman–Crippen MR) is 115 cm³/mol. The van der Waals surface area contributed by atoms with Crippen molar-refractivity contribution in [2.45, 2.75) is 12.8 Å². The Kier molecular flexibility index (Phi) is 5.99. The van der Waals surface area contributed by atoms with Crippen molar-refractivity contribution in [3.05, 3.63) is 47.2 Å². The van der Waals surface area contributed by atoms with E-state index >= 15 is 0 Å². The lowest BCUT2D eigenvalue weighted by atomic mass is 10.2. The molecule has 0 bridgehead atoms. The third-order valence-corrected chi connectivity index (χ3v) is 5.82. The van der Waals surface area contributed by atoms with Crippen LogP contribution in [0.1, 0.15) is 12.8 Å². The van der Waals surface area contributed by atoms with E-state index in [1.807, 2.05) is 48.2 Å². The summed E-state index contributed by atoms with van der Waals surface area (Å²) >= 11 is 5.45. The first-order valence-electron chi connectivity index (χ1n) is 8.94. The SMILES string of the molecule is Brc1cccc(Nc2ncnc3cc4c(cc23)OCCCSCCCO4)c1. The summed E-state index contributed by atoms with van der Waals surface area (Å²) in [5.74, 6) is 4.48. The highest BCUT2D eigenvalue weighted by Crippen LogP contribution is 2.35. The Balaban J connectivity index is 1.70. The van der Waals surface area contributed by atoms with Crippen LogP contribution in [0, 0.1) is 0 Å². The van der Waals surface area contributed by atoms with E-state index in [0.717, 1.165) is 62.7 Å². The minimum atomic E-state index is 0.678. The van der Waals surface area contributed by atoms with Crippen molar-refractivity contribution in [1.82, 2.24) is 9.97 Å². The van der Waals surface area contributed by atoms with Crippen LogP contribution in [0.25, 0.3) is 10.9 Å². The van der Waals surface area contributed by atoms with E-state index in [9.17, 15) is 0 Å². The number of hydrogen-bond acceptors (Lipinski definition) is 6. The van der Waals surface area contributed by atoms with Gasteiger partial charge in [-0.05, 0) is 48.6 Å². The highest BCUT2D eigenvalue weighted by atomic mass is 79.9. The van der Waals surface area contributed by atoms with E-state index in [2.05, 4.69) is 31.2 Å². The highest BCUT2D eigenvalue weighted by molar-refractivity contribution is 9.10. The molecule has 3 aromatic rings. The molecule has 2 aromatic carbocycles. The van der Waals surface area contributed by atoms with Crippen molar-refractivity contribution in [3.8, 4) is 11.5 Å². The highest BCUT2D eigenvalue weighted by Gasteiger charge is 2.13. The van der Waals surface area contributed by atoms with Crippen LogP contribution in [0.3, 0.4) is 0 Å². The Hall–Kier alpha value is -1.99. The number of thioether (sulfide) groups is 1. The molecule has 0 saturated carbocycles. The fourth-order valence-electron chi connectivity index (χ4n) is 2.88. The number of rotatable bonds is 2. The largest absolute Gasteiger partial charge is 0.490 e. The molecule has 27 heavy (non-hydrogen) atoms. The molecule has 0 unspecified atom stereocenters. The fourth-order valence-corrected chi connectivity index (χ4v) is 4.13. The summed E-state index contributed by atoms with van der Waals surface area (Å²) in [7, 11) is 0. The third kappa shape index (κ3) is 4.65. The minimum Gasteiger partial charge on any atom is -0.490 e. The molecule has 5 nitrogen and oxygen atoms in total. The van der Waals surface area contributed by atoms with Gasteiger partial charge in [-0.1, -0.05) is 22.0 Å². The zero-order valence-corrected chi connectivity index (χ0v) is 17.2. The topological polar surface area (TPSA) is 56.3 Å². The smallest absolute Gasteiger partial charge is 0.163 e. The molecular formula is C20H20BrN3O2S. The van der Waals surface area contributed by atoms with E-state index in [-0.39, 0.29) is 0 Å². The molecule has 4 rings (SSSR count). The first-order chi connectivity index (χ1) is 13.3. The number of halogens is 1. The monoisotopic (exact) mass is 445 g/mol. The summed E-state index contributed by atoms with van der Waals surface area (Å²) in [4.78, 5) is 8.86. The summed E-state index contributed by atoms with van der Waals surface area (Å²) in [5, 5.41) is 4.28. The molecule has 1 aliphatic rings. The zero-order valence-electron chi connectivity index (χ0n) is 14.8. The second-order valence-electron chi connectivity index (χ2n) is 6.19. The van der Waals surface area contributed by atoms with Gasteiger partial charge in [0, 0.05) is 21.6 Å². The average molecular weight is 446 g/mol. The van der Waals surface area contributed by atoms with Crippen LogP contribution in [-0.2, 0) is 0 Å². The first kappa shape index (κ1) is 18.4. The molecule has 140 valence electrons. The number of aromatic nitrogens is 2. The number of benzene rings is 2. The second-order valence-corrected chi connectivity index (χ2v) is 8.33. The molecule has 0 spiro atoms. The van der Waals surface area contributed by atoms with Gasteiger partial charge in [-0.2, -0.15) is 11.8 Å². The summed E-state index contributed by atoms with van der Waals surface area (Å²) in [6.07, 6.45) is 3.62. The summed E-state index contributed by atoms with van der Waals surface area (Å²) in [5.41, 5.74) is 1.78. The van der Waals surface area contributed by atoms with Gasteiger partial charge in [0.2, 0.25) is 0 Å². The number of nitrogens with one attached hydrogen (secondary N) is 1. The number of fused-ring (bicyclic) bond motifs is 2. The van der Waals surface area contributed by atoms with Gasteiger partial charge in [0.05, 0.1) is 18.7 Å². The molecule has 1 aliphatic heterocycles. The Morgan fingerprint density at radius 2 is 1.74 bits per heavy atom. The Bertz CT molecular complexity index is 938. The fraction of sp³-hybridized carbons (Fsp3) is 0.300. The maximum atomic E-state index is 6.02. The van der Waals surface area contributed by atoms with Crippen molar-refractivity contribution < 1.29 is 9.47 Å². The molecule has 1 aromatic heterocycles. The molecule has 0 amide bonds. The number of nitrogens with zero attached hydrogens (tertiary/aromatic N) is 2. The maximum absolute atomic E-state index is 6.02. The zero-order chi connectivity index (χ0) is 18.5. The molecule has 0 fully saturated rings. The number of hydrogen-bond donors (Lipinski definition) is 1.